The van der Waals surface area contributed by atoms with Crippen LogP contribution in [-0.2, 0) is 24.3 Å². The van der Waals surface area contributed by atoms with Gasteiger partial charge in [-0.05, 0) is 18.4 Å². The van der Waals surface area contributed by atoms with Crippen LogP contribution in [-0.4, -0.2) is 59.4 Å². The van der Waals surface area contributed by atoms with Crippen LogP contribution in [0.2, 0.25) is 0 Å². The van der Waals surface area contributed by atoms with E-state index in [1.807, 2.05) is 0 Å². The zero-order valence-corrected chi connectivity index (χ0v) is 14.8. The molecule has 0 aromatic heterocycles. The quantitative estimate of drug-likeness (QED) is 0.536. The summed E-state index contributed by atoms with van der Waals surface area (Å²) in [5.41, 5.74) is 5.88. The Balaban J connectivity index is 1.74. The Morgan fingerprint density at radius 2 is 1.93 bits per heavy atom. The molecule has 1 aromatic carbocycles. The highest BCUT2D eigenvalue weighted by Gasteiger charge is 2.49. The Bertz CT molecular complexity index is 860. The Morgan fingerprint density at radius 1 is 1.26 bits per heavy atom. The number of piperidine rings is 1. The molecule has 3 rings (SSSR count). The molecule has 27 heavy (non-hydrogen) atoms. The van der Waals surface area contributed by atoms with E-state index in [1.54, 1.807) is 30.3 Å². The average Bonchev–Trinajstić information content (AvgIpc) is 2.83. The monoisotopic (exact) mass is 398 g/mol. The van der Waals surface area contributed by atoms with Crippen LogP contribution in [0.1, 0.15) is 24.4 Å². The summed E-state index contributed by atoms with van der Waals surface area (Å²) in [5.74, 6) is -1.35. The van der Waals surface area contributed by atoms with E-state index in [1.165, 1.54) is 0 Å². The van der Waals surface area contributed by atoms with Crippen molar-refractivity contribution in [3.05, 3.63) is 35.9 Å². The third kappa shape index (κ3) is 4.02. The summed E-state index contributed by atoms with van der Waals surface area (Å²) >= 11 is 0. The summed E-state index contributed by atoms with van der Waals surface area (Å²) in [6, 6.07) is 4.94. The molecule has 0 spiro atoms. The number of nitrogens with zero attached hydrogens (tertiary/aromatic N) is 2. The Labute approximate surface area is 155 Å². The van der Waals surface area contributed by atoms with Crippen molar-refractivity contribution < 1.29 is 31.6 Å². The Hall–Kier alpha value is -2.70. The predicted molar refractivity (Wildman–Crippen MR) is 89.9 cm³/mol. The van der Waals surface area contributed by atoms with Gasteiger partial charge in [0.25, 0.3) is 0 Å². The zero-order valence-electron chi connectivity index (χ0n) is 14.0. The summed E-state index contributed by atoms with van der Waals surface area (Å²) in [4.78, 5) is 37.9. The van der Waals surface area contributed by atoms with E-state index in [2.05, 4.69) is 9.60 Å². The first-order chi connectivity index (χ1) is 12.7. The number of hydroxylamine groups is 2. The molecule has 12 heteroatoms. The fourth-order valence-electron chi connectivity index (χ4n) is 3.31. The minimum Gasteiger partial charge on any atom is -0.368 e. The summed E-state index contributed by atoms with van der Waals surface area (Å²) in [7, 11) is -4.87. The molecule has 2 saturated heterocycles. The lowest BCUT2D eigenvalue weighted by Gasteiger charge is -2.30. The van der Waals surface area contributed by atoms with Gasteiger partial charge in [0, 0.05) is 6.54 Å². The molecule has 1 aromatic rings. The highest BCUT2D eigenvalue weighted by Crippen LogP contribution is 2.31. The van der Waals surface area contributed by atoms with Gasteiger partial charge in [0.1, 0.15) is 12.1 Å². The van der Waals surface area contributed by atoms with Crippen LogP contribution in [0.4, 0.5) is 4.79 Å². The fourth-order valence-corrected chi connectivity index (χ4v) is 3.70. The second-order valence-electron chi connectivity index (χ2n) is 6.26. The zero-order chi connectivity index (χ0) is 19.8. The van der Waals surface area contributed by atoms with Crippen molar-refractivity contribution in [2.75, 3.05) is 6.54 Å². The summed E-state index contributed by atoms with van der Waals surface area (Å²) in [5, 5.41) is 3.08. The van der Waals surface area contributed by atoms with Crippen LogP contribution in [0, 0.1) is 0 Å². The van der Waals surface area contributed by atoms with Crippen LogP contribution in [0.5, 0.6) is 0 Å². The minimum atomic E-state index is -4.87. The molecular formula is C15H18N4O7S. The third-order valence-corrected chi connectivity index (χ3v) is 4.85. The highest BCUT2D eigenvalue weighted by molar-refractivity contribution is 7.80. The molecule has 11 nitrogen and oxygen atoms in total. The van der Waals surface area contributed by atoms with Gasteiger partial charge in [-0.3, -0.25) is 14.1 Å². The van der Waals surface area contributed by atoms with Gasteiger partial charge in [-0.2, -0.15) is 13.5 Å². The second-order valence-corrected chi connectivity index (χ2v) is 7.27. The lowest BCUT2D eigenvalue weighted by molar-refractivity contribution is -0.130. The van der Waals surface area contributed by atoms with Crippen LogP contribution in [0.25, 0.3) is 0 Å². The first-order valence-corrected chi connectivity index (χ1v) is 9.45. The molecule has 4 amide bonds. The standard InChI is InChI=1S/C15H18N4O7S/c16-13(20)12(9-4-2-1-3-5-9)17-14(21)11-7-6-10-8-18(11)15(22)19(10)26-27(23,24)25/h1-5,10-12H,6-8H2,(H2,16,20)(H,17,21)(H,23,24,25)/t10-,11+,12?/m1/s1. The lowest BCUT2D eigenvalue weighted by Crippen LogP contribution is -2.51. The second kappa shape index (κ2) is 7.13. The van der Waals surface area contributed by atoms with Gasteiger partial charge >= 0.3 is 16.4 Å². The van der Waals surface area contributed by atoms with Crippen molar-refractivity contribution in [3.63, 3.8) is 0 Å². The van der Waals surface area contributed by atoms with Gasteiger partial charge in [-0.15, -0.1) is 4.28 Å². The van der Waals surface area contributed by atoms with E-state index in [9.17, 15) is 22.8 Å². The summed E-state index contributed by atoms with van der Waals surface area (Å²) in [6.45, 7) is 0.0546. The van der Waals surface area contributed by atoms with Gasteiger partial charge in [-0.1, -0.05) is 30.3 Å². The smallest absolute Gasteiger partial charge is 0.368 e. The molecule has 2 aliphatic rings. The highest BCUT2D eigenvalue weighted by atomic mass is 32.3. The van der Waals surface area contributed by atoms with Crippen molar-refractivity contribution in [2.24, 2.45) is 5.73 Å². The number of rotatable bonds is 6. The number of nitrogens with two attached hydrogens (primary N) is 1. The van der Waals surface area contributed by atoms with Gasteiger partial charge in [0.05, 0.1) is 6.04 Å². The van der Waals surface area contributed by atoms with E-state index in [0.29, 0.717) is 10.6 Å². The number of hydrogen-bond donors (Lipinski definition) is 3. The number of primary amides is 1. The van der Waals surface area contributed by atoms with Crippen molar-refractivity contribution in [1.82, 2.24) is 15.3 Å². The van der Waals surface area contributed by atoms with Crippen molar-refractivity contribution in [2.45, 2.75) is 31.0 Å². The number of carbonyl (C=O) groups excluding carboxylic acids is 3. The van der Waals surface area contributed by atoms with Gasteiger partial charge in [-0.25, -0.2) is 4.79 Å². The number of fused-ring (bicyclic) bond motifs is 2. The van der Waals surface area contributed by atoms with E-state index < -0.39 is 46.4 Å². The van der Waals surface area contributed by atoms with Crippen LogP contribution in [0.15, 0.2) is 30.3 Å². The first-order valence-electron chi connectivity index (χ1n) is 8.09. The van der Waals surface area contributed by atoms with Gasteiger partial charge in [0.2, 0.25) is 11.8 Å². The SMILES string of the molecule is NC(=O)C(NC(=O)[C@@H]1CC[C@@H]2CN1C(=O)N2OS(=O)(=O)O)c1ccccc1. The molecule has 0 saturated carbocycles. The lowest BCUT2D eigenvalue weighted by atomic mass is 9.99. The molecule has 2 bridgehead atoms. The number of urea groups is 1. The van der Waals surface area contributed by atoms with Crippen LogP contribution < -0.4 is 11.1 Å². The largest absolute Gasteiger partial charge is 0.418 e. The number of benzene rings is 1. The molecule has 0 aliphatic carbocycles. The number of hydrogen-bond acceptors (Lipinski definition) is 6. The summed E-state index contributed by atoms with van der Waals surface area (Å²) in [6.07, 6.45) is 0.510. The normalized spacial score (nSPS) is 23.2. The van der Waals surface area contributed by atoms with Crippen LogP contribution >= 0.6 is 0 Å². The molecule has 2 fully saturated rings. The maximum Gasteiger partial charge on any atom is 0.418 e. The molecule has 2 heterocycles. The average molecular weight is 398 g/mol. The number of nitrogens with one attached hydrogen (secondary N) is 1. The molecule has 4 N–H and O–H groups in total. The molecule has 0 radical (unpaired) electrons. The van der Waals surface area contributed by atoms with E-state index >= 15 is 0 Å². The van der Waals surface area contributed by atoms with Crippen molar-refractivity contribution >= 4 is 28.2 Å². The fraction of sp³-hybridized carbons (Fsp3) is 0.400. The van der Waals surface area contributed by atoms with E-state index in [4.69, 9.17) is 10.3 Å². The van der Waals surface area contributed by atoms with Crippen molar-refractivity contribution in [3.8, 4) is 0 Å². The molecule has 2 aliphatic heterocycles. The topological polar surface area (TPSA) is 159 Å². The van der Waals surface area contributed by atoms with Gasteiger partial charge < -0.3 is 16.0 Å². The molecule has 146 valence electrons. The Morgan fingerprint density at radius 3 is 2.52 bits per heavy atom. The Kier molecular flexibility index (Phi) is 5.04. The van der Waals surface area contributed by atoms with Crippen LogP contribution in [0.3, 0.4) is 0 Å². The molecule has 3 atom stereocenters. The maximum absolute atomic E-state index is 12.7. The summed E-state index contributed by atoms with van der Waals surface area (Å²) < 4.78 is 34.9. The third-order valence-electron chi connectivity index (χ3n) is 4.50. The van der Waals surface area contributed by atoms with Crippen molar-refractivity contribution in [1.29, 1.82) is 0 Å². The number of carbonyl (C=O) groups is 3. The van der Waals surface area contributed by atoms with Gasteiger partial charge in [0.15, 0.2) is 0 Å². The number of amides is 4. The van der Waals surface area contributed by atoms with E-state index in [0.717, 1.165) is 4.90 Å². The predicted octanol–water partition coefficient (Wildman–Crippen LogP) is -0.668. The molecular weight excluding hydrogens is 380 g/mol. The maximum atomic E-state index is 12.7. The van der Waals surface area contributed by atoms with E-state index in [-0.39, 0.29) is 19.4 Å². The minimum absolute atomic E-state index is 0.0546. The first kappa shape index (κ1) is 19.1. The molecule has 1 unspecified atom stereocenters.